The number of likely N-dealkylation sites (tertiary alicyclic amines) is 1. The molecule has 0 amide bonds. The molecule has 1 aliphatic heterocycles. The van der Waals surface area contributed by atoms with Gasteiger partial charge in [0.2, 0.25) is 0 Å². The monoisotopic (exact) mass is 242 g/mol. The van der Waals surface area contributed by atoms with Gasteiger partial charge in [0, 0.05) is 25.7 Å². The fourth-order valence-electron chi connectivity index (χ4n) is 2.77. The van der Waals surface area contributed by atoms with Crippen molar-refractivity contribution >= 4 is 0 Å². The van der Waals surface area contributed by atoms with Crippen molar-refractivity contribution in [3.63, 3.8) is 0 Å². The third-order valence-corrected chi connectivity index (χ3v) is 3.78. The van der Waals surface area contributed by atoms with Gasteiger partial charge in [-0.2, -0.15) is 0 Å². The van der Waals surface area contributed by atoms with Crippen molar-refractivity contribution in [2.75, 3.05) is 33.4 Å². The molecule has 1 rings (SSSR count). The highest BCUT2D eigenvalue weighted by molar-refractivity contribution is 4.81. The molecule has 0 bridgehead atoms. The summed E-state index contributed by atoms with van der Waals surface area (Å²) in [6, 6.07) is 1.32. The highest BCUT2D eigenvalue weighted by Crippen LogP contribution is 2.20. The minimum Gasteiger partial charge on any atom is -0.384 e. The Bertz CT molecular complexity index is 199. The van der Waals surface area contributed by atoms with Gasteiger partial charge in [0.1, 0.15) is 0 Å². The predicted molar refractivity (Wildman–Crippen MR) is 73.4 cm³/mol. The van der Waals surface area contributed by atoms with E-state index in [1.807, 2.05) is 7.11 Å². The van der Waals surface area contributed by atoms with E-state index in [0.717, 1.165) is 19.1 Å². The summed E-state index contributed by atoms with van der Waals surface area (Å²) in [7, 11) is 1.81. The summed E-state index contributed by atoms with van der Waals surface area (Å²) in [4.78, 5) is 2.62. The zero-order valence-corrected chi connectivity index (χ0v) is 12.0. The Morgan fingerprint density at radius 1 is 1.41 bits per heavy atom. The summed E-state index contributed by atoms with van der Waals surface area (Å²) in [5.74, 6) is 0.751. The molecule has 3 nitrogen and oxygen atoms in total. The second kappa shape index (κ2) is 8.06. The molecule has 1 fully saturated rings. The zero-order valence-electron chi connectivity index (χ0n) is 12.0. The van der Waals surface area contributed by atoms with E-state index in [2.05, 4.69) is 31.0 Å². The summed E-state index contributed by atoms with van der Waals surface area (Å²) in [5, 5.41) is 3.57. The standard InChI is InChI=1S/C14H30N2O/c1-5-7-15-12(2)9-13(3)16-8-6-14(10-16)11-17-4/h12-15H,5-11H2,1-4H3. The molecule has 1 aliphatic rings. The van der Waals surface area contributed by atoms with Crippen molar-refractivity contribution < 1.29 is 4.74 Å². The third-order valence-electron chi connectivity index (χ3n) is 3.78. The lowest BCUT2D eigenvalue weighted by atomic mass is 10.1. The summed E-state index contributed by atoms with van der Waals surface area (Å²) < 4.78 is 5.25. The number of nitrogens with zero attached hydrogens (tertiary/aromatic N) is 1. The summed E-state index contributed by atoms with van der Waals surface area (Å²) in [6.45, 7) is 11.4. The molecule has 3 atom stereocenters. The molecule has 0 aromatic heterocycles. The van der Waals surface area contributed by atoms with E-state index >= 15 is 0 Å². The third kappa shape index (κ3) is 5.36. The number of hydrogen-bond donors (Lipinski definition) is 1. The molecule has 0 radical (unpaired) electrons. The molecule has 3 unspecified atom stereocenters. The number of nitrogens with one attached hydrogen (secondary N) is 1. The van der Waals surface area contributed by atoms with Gasteiger partial charge in [0.25, 0.3) is 0 Å². The largest absolute Gasteiger partial charge is 0.384 e. The topological polar surface area (TPSA) is 24.5 Å². The van der Waals surface area contributed by atoms with Gasteiger partial charge in [0.15, 0.2) is 0 Å². The van der Waals surface area contributed by atoms with Crippen LogP contribution in [0, 0.1) is 5.92 Å². The molecule has 1 heterocycles. The molecular weight excluding hydrogens is 212 g/mol. The van der Waals surface area contributed by atoms with Crippen molar-refractivity contribution in [2.24, 2.45) is 5.92 Å². The fourth-order valence-corrected chi connectivity index (χ4v) is 2.77. The van der Waals surface area contributed by atoms with Gasteiger partial charge >= 0.3 is 0 Å². The first-order valence-electron chi connectivity index (χ1n) is 7.13. The number of rotatable bonds is 8. The highest BCUT2D eigenvalue weighted by atomic mass is 16.5. The molecule has 0 spiro atoms. The first-order valence-corrected chi connectivity index (χ1v) is 7.13. The average Bonchev–Trinajstić information content (AvgIpc) is 2.75. The van der Waals surface area contributed by atoms with E-state index in [-0.39, 0.29) is 0 Å². The van der Waals surface area contributed by atoms with E-state index in [1.165, 1.54) is 32.4 Å². The number of methoxy groups -OCH3 is 1. The molecular formula is C14H30N2O. The summed E-state index contributed by atoms with van der Waals surface area (Å²) >= 11 is 0. The molecule has 17 heavy (non-hydrogen) atoms. The van der Waals surface area contributed by atoms with E-state index in [9.17, 15) is 0 Å². The second-order valence-electron chi connectivity index (χ2n) is 5.54. The van der Waals surface area contributed by atoms with Gasteiger partial charge in [-0.05, 0) is 52.1 Å². The Morgan fingerprint density at radius 3 is 2.82 bits per heavy atom. The molecule has 0 aromatic rings. The van der Waals surface area contributed by atoms with Crippen molar-refractivity contribution in [3.8, 4) is 0 Å². The van der Waals surface area contributed by atoms with Crippen LogP contribution in [0.2, 0.25) is 0 Å². The smallest absolute Gasteiger partial charge is 0.0503 e. The van der Waals surface area contributed by atoms with Crippen molar-refractivity contribution in [1.29, 1.82) is 0 Å². The molecule has 0 aromatic carbocycles. The van der Waals surface area contributed by atoms with Crippen LogP contribution in [0.4, 0.5) is 0 Å². The van der Waals surface area contributed by atoms with E-state index in [4.69, 9.17) is 4.74 Å². The lowest BCUT2D eigenvalue weighted by Gasteiger charge is -2.27. The Morgan fingerprint density at radius 2 is 2.18 bits per heavy atom. The molecule has 1 N–H and O–H groups in total. The van der Waals surface area contributed by atoms with E-state index in [0.29, 0.717) is 12.1 Å². The average molecular weight is 242 g/mol. The first-order chi connectivity index (χ1) is 8.17. The Kier molecular flexibility index (Phi) is 7.09. The SMILES string of the molecule is CCCNC(C)CC(C)N1CCC(COC)C1. The van der Waals surface area contributed by atoms with Crippen LogP contribution in [0.1, 0.15) is 40.0 Å². The van der Waals surface area contributed by atoms with Crippen molar-refractivity contribution in [2.45, 2.75) is 52.1 Å². The number of ether oxygens (including phenoxy) is 1. The molecule has 0 aliphatic carbocycles. The van der Waals surface area contributed by atoms with Crippen LogP contribution >= 0.6 is 0 Å². The van der Waals surface area contributed by atoms with Crippen LogP contribution in [0.25, 0.3) is 0 Å². The molecule has 1 saturated heterocycles. The van der Waals surface area contributed by atoms with Crippen LogP contribution in [-0.2, 0) is 4.74 Å². The van der Waals surface area contributed by atoms with Gasteiger partial charge in [0.05, 0.1) is 6.61 Å². The van der Waals surface area contributed by atoms with Gasteiger partial charge in [-0.15, -0.1) is 0 Å². The lowest BCUT2D eigenvalue weighted by Crippen LogP contribution is -2.38. The molecule has 3 heteroatoms. The maximum atomic E-state index is 5.25. The summed E-state index contributed by atoms with van der Waals surface area (Å²) in [6.07, 6.45) is 3.77. The normalized spacial score (nSPS) is 25.1. The van der Waals surface area contributed by atoms with Crippen LogP contribution in [0.3, 0.4) is 0 Å². The minimum atomic E-state index is 0.631. The molecule has 0 saturated carbocycles. The Hall–Kier alpha value is -0.120. The maximum absolute atomic E-state index is 5.25. The zero-order chi connectivity index (χ0) is 12.7. The fraction of sp³-hybridized carbons (Fsp3) is 1.00. The van der Waals surface area contributed by atoms with E-state index < -0.39 is 0 Å². The summed E-state index contributed by atoms with van der Waals surface area (Å²) in [5.41, 5.74) is 0. The quantitative estimate of drug-likeness (QED) is 0.705. The maximum Gasteiger partial charge on any atom is 0.0503 e. The van der Waals surface area contributed by atoms with Crippen LogP contribution in [0.15, 0.2) is 0 Å². The van der Waals surface area contributed by atoms with E-state index in [1.54, 1.807) is 0 Å². The van der Waals surface area contributed by atoms with Crippen LogP contribution < -0.4 is 5.32 Å². The minimum absolute atomic E-state index is 0.631. The van der Waals surface area contributed by atoms with Crippen molar-refractivity contribution in [1.82, 2.24) is 10.2 Å². The van der Waals surface area contributed by atoms with Gasteiger partial charge in [-0.25, -0.2) is 0 Å². The van der Waals surface area contributed by atoms with Crippen molar-refractivity contribution in [3.05, 3.63) is 0 Å². The Balaban J connectivity index is 2.21. The lowest BCUT2D eigenvalue weighted by molar-refractivity contribution is 0.146. The Labute approximate surface area is 107 Å². The first kappa shape index (κ1) is 14.9. The van der Waals surface area contributed by atoms with Crippen LogP contribution in [0.5, 0.6) is 0 Å². The predicted octanol–water partition coefficient (Wildman–Crippen LogP) is 2.12. The highest BCUT2D eigenvalue weighted by Gasteiger charge is 2.26. The molecule has 102 valence electrons. The number of hydrogen-bond acceptors (Lipinski definition) is 3. The van der Waals surface area contributed by atoms with Gasteiger partial charge in [-0.3, -0.25) is 0 Å². The second-order valence-corrected chi connectivity index (χ2v) is 5.54. The van der Waals surface area contributed by atoms with Gasteiger partial charge in [-0.1, -0.05) is 6.92 Å². The van der Waals surface area contributed by atoms with Gasteiger partial charge < -0.3 is 15.0 Å². The van der Waals surface area contributed by atoms with Crippen LogP contribution in [-0.4, -0.2) is 50.3 Å².